The first-order chi connectivity index (χ1) is 20.1. The third-order valence-electron chi connectivity index (χ3n) is 6.33. The zero-order valence-electron chi connectivity index (χ0n) is 24.7. The Kier molecular flexibility index (Phi) is 9.52. The highest BCUT2D eigenvalue weighted by molar-refractivity contribution is 7.07. The molecule has 0 unspecified atom stereocenters. The predicted octanol–water partition coefficient (Wildman–Crippen LogP) is 3.78. The van der Waals surface area contributed by atoms with Crippen molar-refractivity contribution in [3.05, 3.63) is 78.5 Å². The summed E-state index contributed by atoms with van der Waals surface area (Å²) in [5.41, 5.74) is 1.63. The molecular formula is C31H34N2O8S. The lowest BCUT2D eigenvalue weighted by molar-refractivity contribution is -0.140. The van der Waals surface area contributed by atoms with Gasteiger partial charge in [-0.25, -0.2) is 9.79 Å². The number of thiazole rings is 1. The van der Waals surface area contributed by atoms with E-state index >= 15 is 0 Å². The predicted molar refractivity (Wildman–Crippen MR) is 158 cm³/mol. The van der Waals surface area contributed by atoms with Crippen LogP contribution in [-0.2, 0) is 14.3 Å². The number of allylic oxidation sites excluding steroid dienone is 1. The Hall–Kier alpha value is -4.38. The highest BCUT2D eigenvalue weighted by Gasteiger charge is 2.34. The number of esters is 2. The molecule has 11 heteroatoms. The van der Waals surface area contributed by atoms with Gasteiger partial charge in [0.15, 0.2) is 27.8 Å². The fourth-order valence-corrected chi connectivity index (χ4v) is 5.56. The summed E-state index contributed by atoms with van der Waals surface area (Å²) in [7, 11) is 3.00. The van der Waals surface area contributed by atoms with Gasteiger partial charge in [0.1, 0.15) is 0 Å². The van der Waals surface area contributed by atoms with Crippen LogP contribution in [0.25, 0.3) is 6.08 Å². The number of carbonyl (C=O) groups is 2. The lowest BCUT2D eigenvalue weighted by Gasteiger charge is -2.25. The first kappa shape index (κ1) is 30.6. The number of fused-ring (bicyclic) bond motifs is 1. The van der Waals surface area contributed by atoms with E-state index in [-0.39, 0.29) is 35.2 Å². The van der Waals surface area contributed by atoms with Crippen LogP contribution in [0.4, 0.5) is 0 Å². The minimum Gasteiger partial charge on any atom is -0.493 e. The van der Waals surface area contributed by atoms with Gasteiger partial charge >= 0.3 is 11.9 Å². The molecule has 0 saturated heterocycles. The van der Waals surface area contributed by atoms with Crippen LogP contribution in [0.15, 0.2) is 57.5 Å². The maximum absolute atomic E-state index is 14.0. The van der Waals surface area contributed by atoms with E-state index in [1.807, 2.05) is 26.8 Å². The number of carbonyl (C=O) groups excluding carboxylic acids is 2. The molecule has 0 radical (unpaired) electrons. The van der Waals surface area contributed by atoms with Crippen molar-refractivity contribution in [3.63, 3.8) is 0 Å². The van der Waals surface area contributed by atoms with Gasteiger partial charge in [-0.1, -0.05) is 37.3 Å². The van der Waals surface area contributed by atoms with E-state index in [9.17, 15) is 14.4 Å². The summed E-state index contributed by atoms with van der Waals surface area (Å²) >= 11 is 1.21. The molecule has 4 rings (SSSR count). The number of benzene rings is 2. The van der Waals surface area contributed by atoms with Crippen molar-refractivity contribution in [3.8, 4) is 23.0 Å². The summed E-state index contributed by atoms with van der Waals surface area (Å²) < 4.78 is 29.3. The fourth-order valence-electron chi connectivity index (χ4n) is 4.51. The van der Waals surface area contributed by atoms with Crippen LogP contribution in [0.2, 0.25) is 0 Å². The molecule has 0 N–H and O–H groups in total. The van der Waals surface area contributed by atoms with E-state index in [0.717, 1.165) is 5.56 Å². The van der Waals surface area contributed by atoms with E-state index in [1.165, 1.54) is 29.9 Å². The molecule has 1 aromatic heterocycles. The van der Waals surface area contributed by atoms with Crippen molar-refractivity contribution in [2.24, 2.45) is 10.9 Å². The summed E-state index contributed by atoms with van der Waals surface area (Å²) in [6.07, 6.45) is 1.75. The smallest absolute Gasteiger partial charge is 0.338 e. The van der Waals surface area contributed by atoms with Gasteiger partial charge in [0, 0.05) is 6.92 Å². The molecule has 1 atom stereocenters. The summed E-state index contributed by atoms with van der Waals surface area (Å²) in [5.74, 6) is 0.680. The highest BCUT2D eigenvalue weighted by Crippen LogP contribution is 2.36. The van der Waals surface area contributed by atoms with Crippen molar-refractivity contribution in [1.29, 1.82) is 0 Å². The van der Waals surface area contributed by atoms with Gasteiger partial charge < -0.3 is 23.7 Å². The normalized spacial score (nSPS) is 14.8. The number of rotatable bonds is 10. The number of aromatic nitrogens is 1. The topological polar surface area (TPSA) is 115 Å². The van der Waals surface area contributed by atoms with Crippen LogP contribution >= 0.6 is 11.3 Å². The van der Waals surface area contributed by atoms with Crippen molar-refractivity contribution >= 4 is 29.4 Å². The van der Waals surface area contributed by atoms with Gasteiger partial charge in [-0.15, -0.1) is 0 Å². The summed E-state index contributed by atoms with van der Waals surface area (Å²) in [4.78, 5) is 44.1. The zero-order chi connectivity index (χ0) is 30.6. The zero-order valence-corrected chi connectivity index (χ0v) is 25.5. The van der Waals surface area contributed by atoms with E-state index in [1.54, 1.807) is 50.4 Å². The Morgan fingerprint density at radius 3 is 2.38 bits per heavy atom. The van der Waals surface area contributed by atoms with Crippen molar-refractivity contribution in [2.75, 3.05) is 27.4 Å². The Morgan fingerprint density at radius 2 is 1.74 bits per heavy atom. The van der Waals surface area contributed by atoms with Crippen LogP contribution in [0.5, 0.6) is 23.0 Å². The van der Waals surface area contributed by atoms with Gasteiger partial charge in [-0.3, -0.25) is 14.2 Å². The van der Waals surface area contributed by atoms with Crippen molar-refractivity contribution < 1.29 is 33.3 Å². The standard InChI is InChI=1S/C31H34N2O8S/c1-8-39-22-11-9-20(13-24(22)37-6)14-26-29(35)33-28(21-10-12-23(41-19(5)34)25(15-21)38-7)27(18(4)32-31(33)42-26)30(36)40-16-17(2)3/h9-15,17,28H,8,16H2,1-7H3/b26-14-/t28-/m0/s1. The molecular weight excluding hydrogens is 560 g/mol. The average Bonchev–Trinajstić information content (AvgIpc) is 3.25. The molecule has 10 nitrogen and oxygen atoms in total. The molecule has 3 aromatic rings. The molecule has 2 aromatic carbocycles. The molecule has 1 aliphatic heterocycles. The van der Waals surface area contributed by atoms with Crippen LogP contribution in [0.1, 0.15) is 51.8 Å². The number of hydrogen-bond donors (Lipinski definition) is 0. The highest BCUT2D eigenvalue weighted by atomic mass is 32.1. The molecule has 0 fully saturated rings. The van der Waals surface area contributed by atoms with Crippen LogP contribution in [0.3, 0.4) is 0 Å². The second-order valence-corrected chi connectivity index (χ2v) is 10.9. The Balaban J connectivity index is 1.90. The summed E-state index contributed by atoms with van der Waals surface area (Å²) in [6, 6.07) is 9.46. The van der Waals surface area contributed by atoms with E-state index < -0.39 is 18.0 Å². The summed E-state index contributed by atoms with van der Waals surface area (Å²) in [6.45, 7) is 9.48. The lowest BCUT2D eigenvalue weighted by atomic mass is 9.95. The number of methoxy groups -OCH3 is 2. The second-order valence-electron chi connectivity index (χ2n) is 9.92. The third-order valence-corrected chi connectivity index (χ3v) is 7.31. The first-order valence-corrected chi connectivity index (χ1v) is 14.3. The number of ether oxygens (including phenoxy) is 5. The Labute approximate surface area is 247 Å². The maximum atomic E-state index is 14.0. The Bertz CT molecular complexity index is 1720. The van der Waals surface area contributed by atoms with Gasteiger partial charge in [0.2, 0.25) is 0 Å². The summed E-state index contributed by atoms with van der Waals surface area (Å²) in [5, 5.41) is 0. The lowest BCUT2D eigenvalue weighted by Crippen LogP contribution is -2.40. The Morgan fingerprint density at radius 1 is 1.05 bits per heavy atom. The van der Waals surface area contributed by atoms with Crippen LogP contribution < -0.4 is 33.8 Å². The minimum atomic E-state index is -0.863. The van der Waals surface area contributed by atoms with Crippen molar-refractivity contribution in [2.45, 2.75) is 40.7 Å². The van der Waals surface area contributed by atoms with Gasteiger partial charge in [-0.2, -0.15) is 0 Å². The van der Waals surface area contributed by atoms with Gasteiger partial charge in [0.05, 0.1) is 49.3 Å². The largest absolute Gasteiger partial charge is 0.493 e. The minimum absolute atomic E-state index is 0.115. The SMILES string of the molecule is CCOc1ccc(/C=c2\sc3n(c2=O)[C@@H](c2ccc(OC(C)=O)c(OC)c2)C(C(=O)OCC(C)C)=C(C)N=3)cc1OC. The molecule has 0 spiro atoms. The monoisotopic (exact) mass is 594 g/mol. The molecule has 1 aliphatic rings. The molecule has 42 heavy (non-hydrogen) atoms. The molecule has 0 aliphatic carbocycles. The average molecular weight is 595 g/mol. The number of nitrogens with zero attached hydrogens (tertiary/aromatic N) is 2. The number of hydrogen-bond acceptors (Lipinski definition) is 10. The molecule has 2 heterocycles. The quantitative estimate of drug-likeness (QED) is 0.257. The van der Waals surface area contributed by atoms with Crippen LogP contribution in [0, 0.1) is 5.92 Å². The van der Waals surface area contributed by atoms with Crippen LogP contribution in [-0.4, -0.2) is 43.9 Å². The van der Waals surface area contributed by atoms with Gasteiger partial charge in [0.25, 0.3) is 5.56 Å². The second kappa shape index (κ2) is 13.1. The molecule has 222 valence electrons. The molecule has 0 saturated carbocycles. The third kappa shape index (κ3) is 6.41. The maximum Gasteiger partial charge on any atom is 0.338 e. The fraction of sp³-hybridized carbons (Fsp3) is 0.355. The van der Waals surface area contributed by atoms with E-state index in [4.69, 9.17) is 23.7 Å². The molecule has 0 amide bonds. The van der Waals surface area contributed by atoms with E-state index in [0.29, 0.717) is 38.7 Å². The van der Waals surface area contributed by atoms with E-state index in [2.05, 4.69) is 4.99 Å². The molecule has 0 bridgehead atoms. The van der Waals surface area contributed by atoms with Crippen molar-refractivity contribution in [1.82, 2.24) is 4.57 Å². The van der Waals surface area contributed by atoms with Gasteiger partial charge in [-0.05, 0) is 61.2 Å². The first-order valence-electron chi connectivity index (χ1n) is 13.4.